The third-order valence-corrected chi connectivity index (χ3v) is 2.83. The smallest absolute Gasteiger partial charge is 0.239 e. The van der Waals surface area contributed by atoms with Crippen molar-refractivity contribution in [1.29, 1.82) is 0 Å². The molecule has 0 aromatic heterocycles. The van der Waals surface area contributed by atoms with Gasteiger partial charge in [-0.15, -0.1) is 0 Å². The Kier molecular flexibility index (Phi) is 5.16. The Hall–Kier alpha value is -1.35. The first kappa shape index (κ1) is 13.7. The normalized spacial score (nSPS) is 12.2. The third kappa shape index (κ3) is 4.19. The number of hydrogen-bond acceptors (Lipinski definition) is 2. The predicted molar refractivity (Wildman–Crippen MR) is 70.5 cm³/mol. The van der Waals surface area contributed by atoms with Crippen LogP contribution in [0.4, 0.5) is 0 Å². The number of nitrogens with zero attached hydrogens (tertiary/aromatic N) is 1. The minimum absolute atomic E-state index is 0.0208. The zero-order valence-electron chi connectivity index (χ0n) is 10.9. The number of benzene rings is 1. The van der Waals surface area contributed by atoms with Gasteiger partial charge in [-0.1, -0.05) is 43.2 Å². The van der Waals surface area contributed by atoms with Gasteiger partial charge in [0.25, 0.3) is 0 Å². The molecular formula is C14H22N2O. The maximum atomic E-state index is 11.9. The van der Waals surface area contributed by atoms with Gasteiger partial charge in [-0.3, -0.25) is 4.79 Å². The van der Waals surface area contributed by atoms with Crippen molar-refractivity contribution in [3.63, 3.8) is 0 Å². The predicted octanol–water partition coefficient (Wildman–Crippen LogP) is 2.08. The Morgan fingerprint density at radius 1 is 1.35 bits per heavy atom. The Morgan fingerprint density at radius 2 is 1.94 bits per heavy atom. The molecule has 1 amide bonds. The topological polar surface area (TPSA) is 46.3 Å². The van der Waals surface area contributed by atoms with Gasteiger partial charge in [0.15, 0.2) is 0 Å². The average Bonchev–Trinajstić information content (AvgIpc) is 2.31. The van der Waals surface area contributed by atoms with E-state index in [0.29, 0.717) is 6.54 Å². The Bertz CT molecular complexity index is 359. The van der Waals surface area contributed by atoms with Crippen LogP contribution < -0.4 is 5.73 Å². The van der Waals surface area contributed by atoms with E-state index in [1.165, 1.54) is 5.56 Å². The monoisotopic (exact) mass is 234 g/mol. The Balaban J connectivity index is 2.56. The van der Waals surface area contributed by atoms with Crippen molar-refractivity contribution in [3.8, 4) is 0 Å². The minimum Gasteiger partial charge on any atom is -0.340 e. The highest BCUT2D eigenvalue weighted by atomic mass is 16.2. The van der Waals surface area contributed by atoms with E-state index in [2.05, 4.69) is 19.1 Å². The second-order valence-corrected chi connectivity index (χ2v) is 4.58. The zero-order chi connectivity index (χ0) is 12.8. The molecule has 0 unspecified atom stereocenters. The van der Waals surface area contributed by atoms with Crippen LogP contribution in [0.15, 0.2) is 24.3 Å². The van der Waals surface area contributed by atoms with Gasteiger partial charge in [-0.2, -0.15) is 0 Å². The van der Waals surface area contributed by atoms with Crippen molar-refractivity contribution in [2.24, 2.45) is 5.73 Å². The summed E-state index contributed by atoms with van der Waals surface area (Å²) in [5, 5.41) is 0. The van der Waals surface area contributed by atoms with Crippen LogP contribution in [0.1, 0.15) is 30.9 Å². The van der Waals surface area contributed by atoms with Crippen LogP contribution in [0, 0.1) is 6.92 Å². The zero-order valence-corrected chi connectivity index (χ0v) is 10.9. The molecule has 0 heterocycles. The third-order valence-electron chi connectivity index (χ3n) is 2.83. The maximum absolute atomic E-state index is 11.9. The van der Waals surface area contributed by atoms with Gasteiger partial charge in [0, 0.05) is 13.6 Å². The number of aryl methyl sites for hydroxylation is 1. The van der Waals surface area contributed by atoms with E-state index in [-0.39, 0.29) is 11.9 Å². The summed E-state index contributed by atoms with van der Waals surface area (Å²) in [6.45, 7) is 4.71. The molecule has 0 aliphatic heterocycles. The lowest BCUT2D eigenvalue weighted by Gasteiger charge is -2.21. The van der Waals surface area contributed by atoms with Crippen LogP contribution in [0.2, 0.25) is 0 Å². The first-order valence-corrected chi connectivity index (χ1v) is 6.10. The van der Waals surface area contributed by atoms with E-state index in [4.69, 9.17) is 5.73 Å². The molecular weight excluding hydrogens is 212 g/mol. The minimum atomic E-state index is -0.365. The van der Waals surface area contributed by atoms with E-state index in [0.717, 1.165) is 18.4 Å². The molecule has 0 bridgehead atoms. The number of carbonyl (C=O) groups is 1. The SMILES string of the molecule is CCC[C@H](N)C(=O)N(C)Cc1ccc(C)cc1. The standard InChI is InChI=1S/C14H22N2O/c1-4-5-13(15)14(17)16(3)10-12-8-6-11(2)7-9-12/h6-9,13H,4-5,10,15H2,1-3H3/t13-/m0/s1. The van der Waals surface area contributed by atoms with Gasteiger partial charge >= 0.3 is 0 Å². The molecule has 17 heavy (non-hydrogen) atoms. The fraction of sp³-hybridized carbons (Fsp3) is 0.500. The number of nitrogens with two attached hydrogens (primary N) is 1. The van der Waals surface area contributed by atoms with Crippen molar-refractivity contribution < 1.29 is 4.79 Å². The van der Waals surface area contributed by atoms with Crippen LogP contribution in [-0.4, -0.2) is 23.9 Å². The lowest BCUT2D eigenvalue weighted by molar-refractivity contribution is -0.131. The van der Waals surface area contributed by atoms with Gasteiger partial charge in [0.05, 0.1) is 6.04 Å². The molecule has 0 fully saturated rings. The van der Waals surface area contributed by atoms with Crippen LogP contribution in [0.5, 0.6) is 0 Å². The van der Waals surface area contributed by atoms with Gasteiger partial charge in [-0.05, 0) is 18.9 Å². The maximum Gasteiger partial charge on any atom is 0.239 e. The molecule has 1 atom stereocenters. The number of carbonyl (C=O) groups excluding carboxylic acids is 1. The molecule has 3 heteroatoms. The molecule has 1 aromatic rings. The highest BCUT2D eigenvalue weighted by molar-refractivity contribution is 5.81. The molecule has 1 rings (SSSR count). The highest BCUT2D eigenvalue weighted by Crippen LogP contribution is 2.07. The van der Waals surface area contributed by atoms with Crippen molar-refractivity contribution >= 4 is 5.91 Å². The Morgan fingerprint density at radius 3 is 2.47 bits per heavy atom. The molecule has 0 aliphatic carbocycles. The van der Waals surface area contributed by atoms with E-state index in [9.17, 15) is 4.79 Å². The first-order valence-electron chi connectivity index (χ1n) is 6.10. The van der Waals surface area contributed by atoms with Crippen molar-refractivity contribution in [3.05, 3.63) is 35.4 Å². The molecule has 94 valence electrons. The molecule has 1 aromatic carbocycles. The number of hydrogen-bond donors (Lipinski definition) is 1. The van der Waals surface area contributed by atoms with E-state index >= 15 is 0 Å². The number of rotatable bonds is 5. The summed E-state index contributed by atoms with van der Waals surface area (Å²) in [4.78, 5) is 13.6. The average molecular weight is 234 g/mol. The summed E-state index contributed by atoms with van der Waals surface area (Å²) in [6.07, 6.45) is 1.68. The van der Waals surface area contributed by atoms with Gasteiger partial charge in [-0.25, -0.2) is 0 Å². The fourth-order valence-electron chi connectivity index (χ4n) is 1.76. The summed E-state index contributed by atoms with van der Waals surface area (Å²) in [5.41, 5.74) is 8.18. The largest absolute Gasteiger partial charge is 0.340 e. The molecule has 0 saturated heterocycles. The second kappa shape index (κ2) is 6.40. The van der Waals surface area contributed by atoms with Crippen LogP contribution in [0.3, 0.4) is 0 Å². The molecule has 0 radical (unpaired) electrons. The molecule has 0 saturated carbocycles. The molecule has 3 nitrogen and oxygen atoms in total. The number of amides is 1. The summed E-state index contributed by atoms with van der Waals surface area (Å²) < 4.78 is 0. The Labute approximate surface area is 104 Å². The molecule has 0 aliphatic rings. The highest BCUT2D eigenvalue weighted by Gasteiger charge is 2.16. The lowest BCUT2D eigenvalue weighted by atomic mass is 10.1. The summed E-state index contributed by atoms with van der Waals surface area (Å²) in [6, 6.07) is 7.84. The van der Waals surface area contributed by atoms with E-state index in [1.54, 1.807) is 11.9 Å². The lowest BCUT2D eigenvalue weighted by Crippen LogP contribution is -2.41. The summed E-state index contributed by atoms with van der Waals surface area (Å²) in [7, 11) is 1.80. The first-order chi connectivity index (χ1) is 8.04. The van der Waals surface area contributed by atoms with Crippen LogP contribution in [0.25, 0.3) is 0 Å². The van der Waals surface area contributed by atoms with Crippen LogP contribution in [-0.2, 0) is 11.3 Å². The van der Waals surface area contributed by atoms with Gasteiger partial charge in [0.2, 0.25) is 5.91 Å². The van der Waals surface area contributed by atoms with E-state index < -0.39 is 0 Å². The molecule has 0 spiro atoms. The quantitative estimate of drug-likeness (QED) is 0.848. The second-order valence-electron chi connectivity index (χ2n) is 4.58. The van der Waals surface area contributed by atoms with Crippen LogP contribution >= 0.6 is 0 Å². The van der Waals surface area contributed by atoms with E-state index in [1.807, 2.05) is 19.1 Å². The summed E-state index contributed by atoms with van der Waals surface area (Å²) >= 11 is 0. The fourth-order valence-corrected chi connectivity index (χ4v) is 1.76. The van der Waals surface area contributed by atoms with Gasteiger partial charge < -0.3 is 10.6 Å². The van der Waals surface area contributed by atoms with Crippen molar-refractivity contribution in [1.82, 2.24) is 4.90 Å². The molecule has 2 N–H and O–H groups in total. The number of likely N-dealkylation sites (N-methyl/N-ethyl adjacent to an activating group) is 1. The van der Waals surface area contributed by atoms with Crippen molar-refractivity contribution in [2.75, 3.05) is 7.05 Å². The van der Waals surface area contributed by atoms with Gasteiger partial charge in [0.1, 0.15) is 0 Å². The van der Waals surface area contributed by atoms with Crippen molar-refractivity contribution in [2.45, 2.75) is 39.3 Å². The summed E-state index contributed by atoms with van der Waals surface area (Å²) in [5.74, 6) is 0.0208.